The highest BCUT2D eigenvalue weighted by atomic mass is 32.2. The second-order valence-electron chi connectivity index (χ2n) is 4.44. The van der Waals surface area contributed by atoms with Gasteiger partial charge >= 0.3 is 5.69 Å². The molecule has 0 aliphatic carbocycles. The molecule has 2 rings (SSSR count). The standard InChI is InChI=1S/C9H14N4O7S.CH4O/c1-21(17,18)19-2-4-5(14)6(15)7(20-4)13-3-11-8(10)12-9(13)16;1-2/h3-7,14-15H,2H2,1H3,(H2,10,12,16);2H,1H3/t4-,5-,6-,7-;/m1./s1. The molecule has 1 saturated heterocycles. The molecule has 0 saturated carbocycles. The van der Waals surface area contributed by atoms with Gasteiger partial charge in [-0.2, -0.15) is 13.4 Å². The normalized spacial score (nSPS) is 27.3. The Bertz CT molecular complexity index is 678. The van der Waals surface area contributed by atoms with Crippen LogP contribution in [0.3, 0.4) is 0 Å². The predicted molar refractivity (Wildman–Crippen MR) is 75.6 cm³/mol. The average molecular weight is 354 g/mol. The van der Waals surface area contributed by atoms with Crippen molar-refractivity contribution in [2.24, 2.45) is 0 Å². The van der Waals surface area contributed by atoms with Crippen molar-refractivity contribution >= 4 is 16.1 Å². The van der Waals surface area contributed by atoms with Gasteiger partial charge in [-0.1, -0.05) is 0 Å². The summed E-state index contributed by atoms with van der Waals surface area (Å²) in [5, 5.41) is 26.7. The zero-order chi connectivity index (χ0) is 17.8. The molecular formula is C10H18N4O8S. The van der Waals surface area contributed by atoms with Gasteiger partial charge in [-0.3, -0.25) is 8.75 Å². The Balaban J connectivity index is 0.00000127. The van der Waals surface area contributed by atoms with Crippen LogP contribution >= 0.6 is 0 Å². The van der Waals surface area contributed by atoms with Gasteiger partial charge in [0.2, 0.25) is 5.95 Å². The smallest absolute Gasteiger partial charge is 0.354 e. The molecule has 1 aromatic rings. The van der Waals surface area contributed by atoms with E-state index in [0.29, 0.717) is 0 Å². The van der Waals surface area contributed by atoms with Crippen LogP contribution in [-0.2, 0) is 19.0 Å². The number of aliphatic hydroxyl groups is 3. The lowest BCUT2D eigenvalue weighted by Crippen LogP contribution is -2.36. The van der Waals surface area contributed by atoms with Crippen LogP contribution in [-0.4, -0.2) is 76.6 Å². The van der Waals surface area contributed by atoms with Gasteiger partial charge < -0.3 is 25.8 Å². The summed E-state index contributed by atoms with van der Waals surface area (Å²) in [5.74, 6) is -0.249. The van der Waals surface area contributed by atoms with Gasteiger partial charge in [-0.05, 0) is 0 Å². The first-order valence-corrected chi connectivity index (χ1v) is 8.02. The van der Waals surface area contributed by atoms with Crippen LogP contribution in [0.15, 0.2) is 11.1 Å². The second-order valence-corrected chi connectivity index (χ2v) is 6.08. The summed E-state index contributed by atoms with van der Waals surface area (Å²) < 4.78 is 32.4. The minimum absolute atomic E-state index is 0.249. The summed E-state index contributed by atoms with van der Waals surface area (Å²) in [5.41, 5.74) is 4.41. The van der Waals surface area contributed by atoms with Crippen molar-refractivity contribution in [1.82, 2.24) is 14.5 Å². The number of anilines is 1. The minimum atomic E-state index is -3.73. The number of hydrogen-bond donors (Lipinski definition) is 4. The number of nitrogens with zero attached hydrogens (tertiary/aromatic N) is 3. The fourth-order valence-electron chi connectivity index (χ4n) is 1.82. The minimum Gasteiger partial charge on any atom is -0.400 e. The number of ether oxygens (including phenoxy) is 1. The van der Waals surface area contributed by atoms with E-state index in [4.69, 9.17) is 15.6 Å². The Morgan fingerprint density at radius 1 is 1.39 bits per heavy atom. The molecule has 23 heavy (non-hydrogen) atoms. The van der Waals surface area contributed by atoms with E-state index in [2.05, 4.69) is 14.2 Å². The maximum Gasteiger partial charge on any atom is 0.354 e. The molecule has 2 heterocycles. The summed E-state index contributed by atoms with van der Waals surface area (Å²) in [6, 6.07) is 0. The van der Waals surface area contributed by atoms with Crippen LogP contribution in [0.25, 0.3) is 0 Å². The summed E-state index contributed by atoms with van der Waals surface area (Å²) >= 11 is 0. The lowest BCUT2D eigenvalue weighted by molar-refractivity contribution is -0.0512. The molecular weight excluding hydrogens is 336 g/mol. The maximum absolute atomic E-state index is 11.6. The van der Waals surface area contributed by atoms with Gasteiger partial charge in [-0.25, -0.2) is 9.78 Å². The predicted octanol–water partition coefficient (Wildman–Crippen LogP) is -3.58. The van der Waals surface area contributed by atoms with Gasteiger partial charge in [-0.15, -0.1) is 0 Å². The van der Waals surface area contributed by atoms with E-state index in [1.54, 1.807) is 0 Å². The van der Waals surface area contributed by atoms with Gasteiger partial charge in [0.25, 0.3) is 10.1 Å². The van der Waals surface area contributed by atoms with Gasteiger partial charge in [0.15, 0.2) is 6.23 Å². The first kappa shape index (κ1) is 19.4. The third-order valence-corrected chi connectivity index (χ3v) is 3.37. The van der Waals surface area contributed by atoms with Gasteiger partial charge in [0, 0.05) is 7.11 Å². The highest BCUT2D eigenvalue weighted by molar-refractivity contribution is 7.85. The summed E-state index contributed by atoms with van der Waals surface area (Å²) in [6.07, 6.45) is -3.50. The molecule has 0 aromatic carbocycles. The van der Waals surface area contributed by atoms with Crippen molar-refractivity contribution in [2.75, 3.05) is 25.7 Å². The van der Waals surface area contributed by atoms with E-state index in [1.165, 1.54) is 0 Å². The largest absolute Gasteiger partial charge is 0.400 e. The lowest BCUT2D eigenvalue weighted by Gasteiger charge is -2.16. The highest BCUT2D eigenvalue weighted by Crippen LogP contribution is 2.28. The van der Waals surface area contributed by atoms with Gasteiger partial charge in [0.1, 0.15) is 24.6 Å². The second kappa shape index (κ2) is 7.76. The number of nitrogens with two attached hydrogens (primary N) is 1. The monoisotopic (exact) mass is 354 g/mol. The van der Waals surface area contributed by atoms with Crippen LogP contribution in [0.2, 0.25) is 0 Å². The zero-order valence-electron chi connectivity index (χ0n) is 12.3. The quantitative estimate of drug-likeness (QED) is 0.391. The molecule has 1 aromatic heterocycles. The number of rotatable bonds is 4. The molecule has 0 spiro atoms. The van der Waals surface area contributed by atoms with E-state index in [0.717, 1.165) is 24.3 Å². The highest BCUT2D eigenvalue weighted by Gasteiger charge is 2.44. The summed E-state index contributed by atoms with van der Waals surface area (Å²) in [6.45, 7) is -0.502. The molecule has 0 amide bonds. The molecule has 4 atom stereocenters. The Hall–Kier alpha value is -1.64. The number of aromatic nitrogens is 3. The zero-order valence-corrected chi connectivity index (χ0v) is 13.1. The van der Waals surface area contributed by atoms with E-state index in [1.807, 2.05) is 0 Å². The maximum atomic E-state index is 11.6. The summed E-state index contributed by atoms with van der Waals surface area (Å²) in [4.78, 5) is 18.6. The fraction of sp³-hybridized carbons (Fsp3) is 0.700. The molecule has 132 valence electrons. The van der Waals surface area contributed by atoms with Crippen LogP contribution in [0, 0.1) is 0 Å². The average Bonchev–Trinajstić information content (AvgIpc) is 2.75. The van der Waals surface area contributed by atoms with Crippen molar-refractivity contribution in [3.05, 3.63) is 16.8 Å². The van der Waals surface area contributed by atoms with E-state index in [-0.39, 0.29) is 5.95 Å². The van der Waals surface area contributed by atoms with E-state index < -0.39 is 47.0 Å². The molecule has 5 N–H and O–H groups in total. The molecule has 1 aliphatic rings. The van der Waals surface area contributed by atoms with Crippen LogP contribution in [0.5, 0.6) is 0 Å². The lowest BCUT2D eigenvalue weighted by atomic mass is 10.1. The molecule has 1 aliphatic heterocycles. The number of hydrogen-bond acceptors (Lipinski definition) is 11. The number of aliphatic hydroxyl groups excluding tert-OH is 3. The fourth-order valence-corrected chi connectivity index (χ4v) is 2.20. The third-order valence-electron chi connectivity index (χ3n) is 2.80. The summed E-state index contributed by atoms with van der Waals surface area (Å²) in [7, 11) is -2.73. The molecule has 13 heteroatoms. The van der Waals surface area contributed by atoms with Gasteiger partial charge in [0.05, 0.1) is 12.9 Å². The molecule has 0 radical (unpaired) electrons. The van der Waals surface area contributed by atoms with Crippen molar-refractivity contribution in [1.29, 1.82) is 0 Å². The molecule has 12 nitrogen and oxygen atoms in total. The van der Waals surface area contributed by atoms with Crippen molar-refractivity contribution in [2.45, 2.75) is 24.5 Å². The molecule has 0 unspecified atom stereocenters. The first-order valence-electron chi connectivity index (χ1n) is 6.20. The third kappa shape index (κ3) is 4.92. The Labute approximate surface area is 131 Å². The number of nitrogen functional groups attached to an aromatic ring is 1. The van der Waals surface area contributed by atoms with E-state index in [9.17, 15) is 23.4 Å². The Morgan fingerprint density at radius 3 is 2.52 bits per heavy atom. The topological polar surface area (TPSA) is 187 Å². The Kier molecular flexibility index (Phi) is 6.55. The van der Waals surface area contributed by atoms with Crippen molar-refractivity contribution < 1.29 is 32.7 Å². The van der Waals surface area contributed by atoms with Crippen LogP contribution in [0.4, 0.5) is 5.95 Å². The van der Waals surface area contributed by atoms with Crippen LogP contribution < -0.4 is 11.4 Å². The van der Waals surface area contributed by atoms with Crippen molar-refractivity contribution in [3.63, 3.8) is 0 Å². The SMILES string of the molecule is CO.CS(=O)(=O)OC[C@H]1O[C@@H](n2cnc(N)nc2=O)[C@H](O)[C@@H]1O. The first-order chi connectivity index (χ1) is 10.7. The molecule has 0 bridgehead atoms. The van der Waals surface area contributed by atoms with Crippen molar-refractivity contribution in [3.8, 4) is 0 Å². The van der Waals surface area contributed by atoms with Crippen LogP contribution in [0.1, 0.15) is 6.23 Å². The molecule has 1 fully saturated rings. The van der Waals surface area contributed by atoms with E-state index >= 15 is 0 Å². The Morgan fingerprint density at radius 2 is 2.00 bits per heavy atom.